The van der Waals surface area contributed by atoms with Crippen LogP contribution in [0.1, 0.15) is 17.0 Å². The Labute approximate surface area is 232 Å². The van der Waals surface area contributed by atoms with E-state index in [1.165, 1.54) is 0 Å². The van der Waals surface area contributed by atoms with E-state index in [9.17, 15) is 9.59 Å². The van der Waals surface area contributed by atoms with Gasteiger partial charge in [0.15, 0.2) is 6.61 Å². The summed E-state index contributed by atoms with van der Waals surface area (Å²) in [4.78, 5) is 30.3. The first-order chi connectivity index (χ1) is 19.1. The second kappa shape index (κ2) is 10.8. The lowest BCUT2D eigenvalue weighted by Crippen LogP contribution is -2.50. The molecule has 0 unspecified atom stereocenters. The van der Waals surface area contributed by atoms with E-state index in [4.69, 9.17) is 16.3 Å². The van der Waals surface area contributed by atoms with Crippen LogP contribution in [-0.4, -0.2) is 49.5 Å². The number of anilines is 2. The van der Waals surface area contributed by atoms with Crippen LogP contribution in [-0.2, 0) is 9.59 Å². The number of ether oxygens (including phenoxy) is 1. The highest BCUT2D eigenvalue weighted by molar-refractivity contribution is 6.30. The summed E-state index contributed by atoms with van der Waals surface area (Å²) < 4.78 is 5.51. The van der Waals surface area contributed by atoms with Crippen molar-refractivity contribution in [1.82, 2.24) is 4.90 Å². The molecule has 4 aromatic carbocycles. The number of carbonyl (C=O) groups excluding carboxylic acids is 2. The van der Waals surface area contributed by atoms with E-state index in [1.54, 1.807) is 24.3 Å². The minimum atomic E-state index is -0.240. The maximum Gasteiger partial charge on any atom is 0.262 e. The zero-order valence-corrected chi connectivity index (χ0v) is 22.1. The van der Waals surface area contributed by atoms with E-state index in [0.717, 1.165) is 41.0 Å². The molecule has 1 N–H and O–H groups in total. The second-order valence-corrected chi connectivity index (χ2v) is 10.2. The molecule has 39 heavy (non-hydrogen) atoms. The van der Waals surface area contributed by atoms with Crippen molar-refractivity contribution in [3.05, 3.63) is 113 Å². The van der Waals surface area contributed by atoms with Gasteiger partial charge >= 0.3 is 0 Å². The molecule has 0 spiro atoms. The third kappa shape index (κ3) is 5.20. The van der Waals surface area contributed by atoms with Gasteiger partial charge in [-0.15, -0.1) is 0 Å². The summed E-state index contributed by atoms with van der Waals surface area (Å²) in [5.74, 6) is 0.283. The van der Waals surface area contributed by atoms with E-state index >= 15 is 0 Å². The molecule has 6 rings (SSSR count). The van der Waals surface area contributed by atoms with Gasteiger partial charge in [-0.1, -0.05) is 60.1 Å². The molecule has 1 heterocycles. The molecular formula is C32H28ClN3O3. The number of carbonyl (C=O) groups is 2. The van der Waals surface area contributed by atoms with E-state index < -0.39 is 0 Å². The first kappa shape index (κ1) is 25.0. The van der Waals surface area contributed by atoms with Crippen LogP contribution in [0.15, 0.2) is 97.1 Å². The number of hydrogen-bond donors (Lipinski definition) is 1. The molecule has 2 amide bonds. The van der Waals surface area contributed by atoms with Crippen molar-refractivity contribution in [1.29, 1.82) is 0 Å². The number of benzene rings is 4. The fourth-order valence-corrected chi connectivity index (χ4v) is 5.55. The Kier molecular flexibility index (Phi) is 6.95. The van der Waals surface area contributed by atoms with E-state index in [-0.39, 0.29) is 24.3 Å². The van der Waals surface area contributed by atoms with Gasteiger partial charge in [-0.2, -0.15) is 0 Å². The topological polar surface area (TPSA) is 61.9 Å². The van der Waals surface area contributed by atoms with Gasteiger partial charge in [-0.25, -0.2) is 0 Å². The molecule has 0 radical (unpaired) electrons. The quantitative estimate of drug-likeness (QED) is 0.337. The highest BCUT2D eigenvalue weighted by Gasteiger charge is 2.36. The smallest absolute Gasteiger partial charge is 0.262 e. The van der Waals surface area contributed by atoms with Gasteiger partial charge in [0.1, 0.15) is 5.75 Å². The van der Waals surface area contributed by atoms with Gasteiger partial charge in [-0.3, -0.25) is 9.59 Å². The highest BCUT2D eigenvalue weighted by atomic mass is 35.5. The van der Waals surface area contributed by atoms with Crippen molar-refractivity contribution in [3.63, 3.8) is 0 Å². The predicted octanol–water partition coefficient (Wildman–Crippen LogP) is 5.82. The maximum absolute atomic E-state index is 13.7. The van der Waals surface area contributed by atoms with Gasteiger partial charge in [0.25, 0.3) is 5.91 Å². The third-order valence-electron chi connectivity index (χ3n) is 7.37. The van der Waals surface area contributed by atoms with Crippen LogP contribution in [0.2, 0.25) is 5.02 Å². The Morgan fingerprint density at radius 2 is 1.36 bits per heavy atom. The van der Waals surface area contributed by atoms with E-state index in [0.29, 0.717) is 29.5 Å². The molecule has 0 atom stereocenters. The maximum atomic E-state index is 13.7. The monoisotopic (exact) mass is 537 g/mol. The van der Waals surface area contributed by atoms with Crippen molar-refractivity contribution in [2.45, 2.75) is 5.92 Å². The molecule has 6 nitrogen and oxygen atoms in total. The Hall–Kier alpha value is -4.29. The zero-order chi connectivity index (χ0) is 26.8. The SMILES string of the molecule is O=C(COc1ccc(Cl)cc1)Nc1ccc(N2CCN(C(=O)C3c4ccccc4-c4ccccc43)CC2)cc1. The van der Waals surface area contributed by atoms with Gasteiger partial charge in [0.2, 0.25) is 5.91 Å². The number of nitrogens with zero attached hydrogens (tertiary/aromatic N) is 2. The molecule has 0 bridgehead atoms. The van der Waals surface area contributed by atoms with Crippen molar-refractivity contribution >= 4 is 34.8 Å². The Balaban J connectivity index is 1.04. The van der Waals surface area contributed by atoms with Crippen molar-refractivity contribution in [2.75, 3.05) is 43.0 Å². The molecule has 196 valence electrons. The summed E-state index contributed by atoms with van der Waals surface area (Å²) in [7, 11) is 0. The molecule has 1 fully saturated rings. The lowest BCUT2D eigenvalue weighted by Gasteiger charge is -2.37. The molecule has 1 aliphatic heterocycles. The number of rotatable bonds is 6. The summed E-state index contributed by atoms with van der Waals surface area (Å²) in [6.07, 6.45) is 0. The summed E-state index contributed by atoms with van der Waals surface area (Å²) in [6, 6.07) is 31.1. The fourth-order valence-electron chi connectivity index (χ4n) is 5.42. The van der Waals surface area contributed by atoms with Crippen molar-refractivity contribution in [3.8, 4) is 16.9 Å². The first-order valence-electron chi connectivity index (χ1n) is 13.1. The van der Waals surface area contributed by atoms with Crippen LogP contribution in [0, 0.1) is 0 Å². The third-order valence-corrected chi connectivity index (χ3v) is 7.62. The fraction of sp³-hybridized carbons (Fsp3) is 0.188. The normalized spacial score (nSPS) is 14.5. The van der Waals surface area contributed by atoms with Crippen LogP contribution >= 0.6 is 11.6 Å². The number of piperazine rings is 1. The molecule has 4 aromatic rings. The number of halogens is 1. The largest absolute Gasteiger partial charge is 0.484 e. The van der Waals surface area contributed by atoms with Gasteiger partial charge in [0, 0.05) is 42.6 Å². The van der Waals surface area contributed by atoms with E-state index in [1.807, 2.05) is 53.4 Å². The Morgan fingerprint density at radius 3 is 1.97 bits per heavy atom. The summed E-state index contributed by atoms with van der Waals surface area (Å²) in [5, 5.41) is 3.48. The zero-order valence-electron chi connectivity index (χ0n) is 21.3. The molecule has 0 aromatic heterocycles. The standard InChI is InChI=1S/C32H28ClN3O3/c33-22-9-15-25(16-10-22)39-21-30(37)34-23-11-13-24(14-12-23)35-17-19-36(20-18-35)32(38)31-28-7-3-1-5-26(28)27-6-2-4-8-29(27)31/h1-16,31H,17-21H2,(H,34,37). The number of hydrogen-bond acceptors (Lipinski definition) is 4. The average Bonchev–Trinajstić information content (AvgIpc) is 3.31. The summed E-state index contributed by atoms with van der Waals surface area (Å²) in [6.45, 7) is 2.75. The first-order valence-corrected chi connectivity index (χ1v) is 13.4. The highest BCUT2D eigenvalue weighted by Crippen LogP contribution is 2.45. The average molecular weight is 538 g/mol. The molecule has 0 saturated carbocycles. The minimum Gasteiger partial charge on any atom is -0.484 e. The molecular weight excluding hydrogens is 510 g/mol. The van der Waals surface area contributed by atoms with Gasteiger partial charge in [0.05, 0.1) is 5.92 Å². The lowest BCUT2D eigenvalue weighted by molar-refractivity contribution is -0.132. The Bertz CT molecular complexity index is 1450. The molecule has 2 aliphatic rings. The van der Waals surface area contributed by atoms with Crippen molar-refractivity contribution in [2.24, 2.45) is 0 Å². The van der Waals surface area contributed by atoms with Crippen LogP contribution < -0.4 is 15.0 Å². The molecule has 1 aliphatic carbocycles. The Morgan fingerprint density at radius 1 is 0.769 bits per heavy atom. The lowest BCUT2D eigenvalue weighted by atomic mass is 9.95. The van der Waals surface area contributed by atoms with Gasteiger partial charge in [-0.05, 0) is 70.8 Å². The minimum absolute atomic E-state index is 0.0880. The molecule has 7 heteroatoms. The van der Waals surface area contributed by atoms with E-state index in [2.05, 4.69) is 34.5 Å². The van der Waals surface area contributed by atoms with Crippen LogP contribution in [0.25, 0.3) is 11.1 Å². The molecule has 1 saturated heterocycles. The predicted molar refractivity (Wildman–Crippen MR) is 155 cm³/mol. The van der Waals surface area contributed by atoms with Crippen molar-refractivity contribution < 1.29 is 14.3 Å². The second-order valence-electron chi connectivity index (χ2n) is 9.76. The van der Waals surface area contributed by atoms with Crippen LogP contribution in [0.3, 0.4) is 0 Å². The number of nitrogens with one attached hydrogen (secondary N) is 1. The summed E-state index contributed by atoms with van der Waals surface area (Å²) in [5.41, 5.74) is 6.29. The van der Waals surface area contributed by atoms with Crippen LogP contribution in [0.5, 0.6) is 5.75 Å². The number of fused-ring (bicyclic) bond motifs is 3. The van der Waals surface area contributed by atoms with Crippen LogP contribution in [0.4, 0.5) is 11.4 Å². The summed E-state index contributed by atoms with van der Waals surface area (Å²) >= 11 is 5.88. The number of amides is 2. The van der Waals surface area contributed by atoms with Gasteiger partial charge < -0.3 is 19.9 Å².